The van der Waals surface area contributed by atoms with Crippen LogP contribution in [0.1, 0.15) is 22.8 Å². The Hall–Kier alpha value is -3.19. The molecule has 0 aromatic heterocycles. The summed E-state index contributed by atoms with van der Waals surface area (Å²) in [5.41, 5.74) is 2.05. The molecule has 8 heteroatoms. The van der Waals surface area contributed by atoms with Crippen molar-refractivity contribution in [2.45, 2.75) is 12.0 Å². The lowest BCUT2D eigenvalue weighted by Crippen LogP contribution is -2.34. The zero-order chi connectivity index (χ0) is 21.5. The zero-order valence-electron chi connectivity index (χ0n) is 15.6. The second-order valence-electron chi connectivity index (χ2n) is 6.69. The minimum absolute atomic E-state index is 0.373. The van der Waals surface area contributed by atoms with Gasteiger partial charge in [0, 0.05) is 16.1 Å². The molecule has 0 saturated carbocycles. The summed E-state index contributed by atoms with van der Waals surface area (Å²) in [6.45, 7) is 0. The average Bonchev–Trinajstić information content (AvgIpc) is 2.76. The molecule has 30 heavy (non-hydrogen) atoms. The Morgan fingerprint density at radius 2 is 1.90 bits per heavy atom. The maximum atomic E-state index is 14.4. The Morgan fingerprint density at radius 3 is 2.60 bits per heavy atom. The number of hydrogen-bond donors (Lipinski definition) is 1. The highest BCUT2D eigenvalue weighted by Crippen LogP contribution is 2.50. The molecule has 154 valence electrons. The van der Waals surface area contributed by atoms with Crippen LogP contribution >= 0.6 is 11.6 Å². The number of amides is 1. The van der Waals surface area contributed by atoms with Gasteiger partial charge < -0.3 is 9.47 Å². The van der Waals surface area contributed by atoms with Crippen molar-refractivity contribution in [2.24, 2.45) is 0 Å². The number of ether oxygens (including phenoxy) is 2. The van der Waals surface area contributed by atoms with Crippen molar-refractivity contribution in [3.8, 4) is 22.6 Å². The molecule has 1 unspecified atom stereocenters. The fourth-order valence-corrected chi connectivity index (χ4v) is 3.74. The predicted molar refractivity (Wildman–Crippen MR) is 105 cm³/mol. The average molecular weight is 434 g/mol. The normalized spacial score (nSPS) is 14.9. The summed E-state index contributed by atoms with van der Waals surface area (Å²) in [6.07, 6.45) is -0.775. The van der Waals surface area contributed by atoms with E-state index in [2.05, 4.69) is 0 Å². The van der Waals surface area contributed by atoms with Gasteiger partial charge in [-0.2, -0.15) is 14.3 Å². The molecular weight excluding hydrogens is 419 g/mol. The molecule has 0 fully saturated rings. The largest absolute Gasteiger partial charge is 0.496 e. The fraction of sp³-hybridized carbons (Fsp3) is 0.136. The maximum absolute atomic E-state index is 14.4. The predicted octanol–water partition coefficient (Wildman–Crippen LogP) is 5.59. The highest BCUT2D eigenvalue weighted by molar-refractivity contribution is 6.30. The molecule has 1 N–H and O–H groups in total. The second kappa shape index (κ2) is 7.57. The van der Waals surface area contributed by atoms with Crippen molar-refractivity contribution in [2.75, 3.05) is 7.11 Å². The number of carbonyl (C=O) groups is 1. The fourth-order valence-electron chi connectivity index (χ4n) is 3.55. The lowest BCUT2D eigenvalue weighted by Gasteiger charge is -2.31. The van der Waals surface area contributed by atoms with E-state index in [1.807, 2.05) is 0 Å². The van der Waals surface area contributed by atoms with Crippen molar-refractivity contribution in [3.05, 3.63) is 82.4 Å². The summed E-state index contributed by atoms with van der Waals surface area (Å²) < 4.78 is 52.8. The van der Waals surface area contributed by atoms with Gasteiger partial charge >= 0.3 is 11.8 Å². The van der Waals surface area contributed by atoms with Gasteiger partial charge in [0.1, 0.15) is 17.6 Å². The minimum atomic E-state index is -4.07. The van der Waals surface area contributed by atoms with Crippen LogP contribution in [0.3, 0.4) is 0 Å². The molecule has 1 aliphatic heterocycles. The van der Waals surface area contributed by atoms with Crippen LogP contribution in [0.4, 0.5) is 13.3 Å². The molecule has 3 aromatic rings. The van der Waals surface area contributed by atoms with Crippen LogP contribution in [0.2, 0.25) is 5.02 Å². The van der Waals surface area contributed by atoms with E-state index in [1.165, 1.54) is 13.2 Å². The summed E-state index contributed by atoms with van der Waals surface area (Å²) in [7, 11) is 1.49. The molecule has 4 nitrogen and oxygen atoms in total. The van der Waals surface area contributed by atoms with Crippen LogP contribution in [-0.4, -0.2) is 13.0 Å². The van der Waals surface area contributed by atoms with Gasteiger partial charge in [0.15, 0.2) is 0 Å². The number of nitrogens with one attached hydrogen (secondary N) is 1. The van der Waals surface area contributed by atoms with Crippen LogP contribution in [0.15, 0.2) is 60.7 Å². The number of fused-ring (bicyclic) bond motifs is 3. The molecule has 0 spiro atoms. The van der Waals surface area contributed by atoms with Crippen LogP contribution in [0.25, 0.3) is 11.1 Å². The molecule has 0 aliphatic carbocycles. The number of halogens is 4. The number of carbonyl (C=O) groups excluding carboxylic acids is 1. The number of hydrogen-bond acceptors (Lipinski definition) is 3. The van der Waals surface area contributed by atoms with Gasteiger partial charge in [-0.05, 0) is 41.5 Å². The first-order valence-corrected chi connectivity index (χ1v) is 9.27. The molecular formula is C22H15ClF3NO3. The van der Waals surface area contributed by atoms with E-state index in [1.54, 1.807) is 42.5 Å². The van der Waals surface area contributed by atoms with E-state index in [0.29, 0.717) is 44.3 Å². The Labute approximate surface area is 175 Å². The summed E-state index contributed by atoms with van der Waals surface area (Å²) in [6, 6.07) is 15.7. The van der Waals surface area contributed by atoms with E-state index >= 15 is 0 Å². The van der Waals surface area contributed by atoms with Gasteiger partial charge in [-0.15, -0.1) is 4.48 Å². The SMILES string of the molecule is COc1cccc2c1-c1ccc(C(F)(F)C(=O)NF)cc1C(c1cccc(Cl)c1)O2. The van der Waals surface area contributed by atoms with Crippen molar-refractivity contribution in [1.29, 1.82) is 0 Å². The molecule has 0 radical (unpaired) electrons. The van der Waals surface area contributed by atoms with Gasteiger partial charge in [0.2, 0.25) is 0 Å². The third kappa shape index (κ3) is 3.25. The third-order valence-electron chi connectivity index (χ3n) is 4.94. The summed E-state index contributed by atoms with van der Waals surface area (Å²) >= 11 is 6.11. The van der Waals surface area contributed by atoms with E-state index in [0.717, 1.165) is 12.1 Å². The van der Waals surface area contributed by atoms with Crippen LogP contribution in [0.5, 0.6) is 11.5 Å². The lowest BCUT2D eigenvalue weighted by atomic mass is 9.87. The molecule has 0 bridgehead atoms. The van der Waals surface area contributed by atoms with Gasteiger partial charge in [-0.1, -0.05) is 41.9 Å². The molecule has 1 heterocycles. The Balaban J connectivity index is 1.96. The topological polar surface area (TPSA) is 47.6 Å². The van der Waals surface area contributed by atoms with E-state index in [-0.39, 0.29) is 0 Å². The number of rotatable bonds is 4. The smallest absolute Gasteiger partial charge is 0.352 e. The summed E-state index contributed by atoms with van der Waals surface area (Å²) in [4.78, 5) is 11.4. The van der Waals surface area contributed by atoms with Crippen LogP contribution in [0, 0.1) is 0 Å². The highest BCUT2D eigenvalue weighted by atomic mass is 35.5. The lowest BCUT2D eigenvalue weighted by molar-refractivity contribution is -0.151. The molecule has 4 rings (SSSR count). The second-order valence-corrected chi connectivity index (χ2v) is 7.12. The molecule has 1 amide bonds. The van der Waals surface area contributed by atoms with Crippen molar-refractivity contribution < 1.29 is 27.5 Å². The van der Waals surface area contributed by atoms with Crippen molar-refractivity contribution in [3.63, 3.8) is 0 Å². The van der Waals surface area contributed by atoms with Crippen molar-refractivity contribution in [1.82, 2.24) is 5.54 Å². The Kier molecular flexibility index (Phi) is 5.07. The summed E-state index contributed by atoms with van der Waals surface area (Å²) in [5, 5.41) is 0.451. The zero-order valence-corrected chi connectivity index (χ0v) is 16.3. The molecule has 3 aromatic carbocycles. The van der Waals surface area contributed by atoms with E-state index in [4.69, 9.17) is 21.1 Å². The quantitative estimate of drug-likeness (QED) is 0.546. The number of alkyl halides is 2. The van der Waals surface area contributed by atoms with Gasteiger partial charge in [-0.25, -0.2) is 0 Å². The van der Waals surface area contributed by atoms with Gasteiger partial charge in [0.05, 0.1) is 12.7 Å². The van der Waals surface area contributed by atoms with E-state index < -0.39 is 23.5 Å². The highest BCUT2D eigenvalue weighted by Gasteiger charge is 2.42. The molecule has 1 atom stereocenters. The van der Waals surface area contributed by atoms with Crippen LogP contribution < -0.4 is 15.0 Å². The standard InChI is InChI=1S/C22H15ClF3NO3/c1-29-17-6-3-7-18-19(17)15-9-8-13(22(24,25)21(28)27-26)11-16(15)20(30-18)12-4-2-5-14(23)10-12/h2-11,20H,1H3,(H,27,28). The molecule has 1 aliphatic rings. The van der Waals surface area contributed by atoms with Gasteiger partial charge in [-0.3, -0.25) is 4.79 Å². The third-order valence-corrected chi connectivity index (χ3v) is 5.18. The first-order valence-electron chi connectivity index (χ1n) is 8.89. The maximum Gasteiger partial charge on any atom is 0.352 e. The Morgan fingerprint density at radius 1 is 1.13 bits per heavy atom. The molecule has 0 saturated heterocycles. The van der Waals surface area contributed by atoms with Crippen LogP contribution in [-0.2, 0) is 10.7 Å². The summed E-state index contributed by atoms with van der Waals surface area (Å²) in [5.74, 6) is -5.10. The van der Waals surface area contributed by atoms with E-state index in [9.17, 15) is 18.1 Å². The Bertz CT molecular complexity index is 1140. The van der Waals surface area contributed by atoms with Gasteiger partial charge in [0.25, 0.3) is 0 Å². The first kappa shape index (κ1) is 20.1. The monoisotopic (exact) mass is 433 g/mol. The minimum Gasteiger partial charge on any atom is -0.496 e. The van der Waals surface area contributed by atoms with Crippen molar-refractivity contribution >= 4 is 17.5 Å². The number of benzene rings is 3. The first-order chi connectivity index (χ1) is 14.4. The number of methoxy groups -OCH3 is 1.